The van der Waals surface area contributed by atoms with Crippen LogP contribution in [-0.4, -0.2) is 29.9 Å². The Balaban J connectivity index is 1.88. The number of rotatable bonds is 6. The lowest BCUT2D eigenvalue weighted by Crippen LogP contribution is -2.57. The van der Waals surface area contributed by atoms with E-state index in [9.17, 15) is 4.79 Å². The van der Waals surface area contributed by atoms with Gasteiger partial charge in [0.1, 0.15) is 11.7 Å². The molecule has 1 aliphatic rings. The molecule has 1 amide bonds. The van der Waals surface area contributed by atoms with Crippen molar-refractivity contribution in [2.75, 3.05) is 6.61 Å². The van der Waals surface area contributed by atoms with E-state index in [2.05, 4.69) is 29.6 Å². The van der Waals surface area contributed by atoms with E-state index in [4.69, 9.17) is 9.47 Å². The quantitative estimate of drug-likeness (QED) is 0.794. The number of carbonyl (C=O) groups excluding carboxylic acids is 1. The average molecular weight is 353 g/mol. The Labute approximate surface area is 155 Å². The van der Waals surface area contributed by atoms with E-state index in [1.165, 1.54) is 0 Å². The molecule has 1 aliphatic heterocycles. The van der Waals surface area contributed by atoms with E-state index in [-0.39, 0.29) is 6.10 Å². The number of hydrogen-bond acceptors (Lipinski definition) is 3. The zero-order valence-electron chi connectivity index (χ0n) is 15.7. The third-order valence-corrected chi connectivity index (χ3v) is 4.42. The third-order valence-electron chi connectivity index (χ3n) is 4.42. The molecule has 4 nitrogen and oxygen atoms in total. The lowest BCUT2D eigenvalue weighted by molar-refractivity contribution is 0.0429. The Kier molecular flexibility index (Phi) is 5.33. The van der Waals surface area contributed by atoms with Gasteiger partial charge in [0.25, 0.3) is 0 Å². The second kappa shape index (κ2) is 7.50. The van der Waals surface area contributed by atoms with Crippen LogP contribution in [0.3, 0.4) is 0 Å². The number of alkyl carbamates (subject to hydrolysis) is 1. The van der Waals surface area contributed by atoms with Crippen molar-refractivity contribution in [1.82, 2.24) is 5.32 Å². The van der Waals surface area contributed by atoms with E-state index in [1.807, 2.05) is 57.2 Å². The summed E-state index contributed by atoms with van der Waals surface area (Å²) >= 11 is 0. The Morgan fingerprint density at radius 1 is 1.00 bits per heavy atom. The highest BCUT2D eigenvalue weighted by Gasteiger charge is 2.48. The molecule has 0 saturated carbocycles. The molecule has 1 saturated heterocycles. The first-order chi connectivity index (χ1) is 12.4. The first-order valence-corrected chi connectivity index (χ1v) is 9.07. The van der Waals surface area contributed by atoms with Gasteiger partial charge in [0.05, 0.1) is 12.1 Å². The van der Waals surface area contributed by atoms with Gasteiger partial charge in [0.15, 0.2) is 0 Å². The first kappa shape index (κ1) is 18.5. The molecule has 2 aromatic carbocycles. The number of benzene rings is 2. The van der Waals surface area contributed by atoms with Crippen molar-refractivity contribution >= 4 is 6.09 Å². The fourth-order valence-corrected chi connectivity index (χ4v) is 3.25. The van der Waals surface area contributed by atoms with Crippen molar-refractivity contribution in [3.8, 4) is 0 Å². The van der Waals surface area contributed by atoms with E-state index < -0.39 is 17.2 Å². The van der Waals surface area contributed by atoms with Crippen LogP contribution in [0.25, 0.3) is 0 Å². The number of ether oxygens (including phenoxy) is 2. The van der Waals surface area contributed by atoms with E-state index in [0.29, 0.717) is 19.4 Å². The summed E-state index contributed by atoms with van der Waals surface area (Å²) in [6.07, 6.45) is 0.953. The SMILES string of the molecule is CC(C)(C)OC(=O)NC(Cc1ccccc1)(Cc1ccccc1)[C@H]1CO1. The highest BCUT2D eigenvalue weighted by molar-refractivity contribution is 5.69. The van der Waals surface area contributed by atoms with Crippen molar-refractivity contribution in [3.05, 3.63) is 71.8 Å². The fraction of sp³-hybridized carbons (Fsp3) is 0.409. The predicted molar refractivity (Wildman–Crippen MR) is 102 cm³/mol. The van der Waals surface area contributed by atoms with Crippen molar-refractivity contribution < 1.29 is 14.3 Å². The van der Waals surface area contributed by atoms with Crippen LogP contribution in [0.1, 0.15) is 31.9 Å². The van der Waals surface area contributed by atoms with Crippen molar-refractivity contribution in [3.63, 3.8) is 0 Å². The Morgan fingerprint density at radius 3 is 1.85 bits per heavy atom. The van der Waals surface area contributed by atoms with E-state index >= 15 is 0 Å². The van der Waals surface area contributed by atoms with Crippen LogP contribution >= 0.6 is 0 Å². The summed E-state index contributed by atoms with van der Waals surface area (Å²) in [7, 11) is 0. The zero-order chi connectivity index (χ0) is 18.6. The minimum absolute atomic E-state index is 0.0181. The summed E-state index contributed by atoms with van der Waals surface area (Å²) in [5.74, 6) is 0. The minimum atomic E-state index is -0.542. The van der Waals surface area contributed by atoms with Crippen LogP contribution in [0.15, 0.2) is 60.7 Å². The van der Waals surface area contributed by atoms with Gasteiger partial charge in [-0.25, -0.2) is 4.79 Å². The maximum atomic E-state index is 12.6. The van der Waals surface area contributed by atoms with Crippen molar-refractivity contribution in [2.45, 2.75) is 50.9 Å². The van der Waals surface area contributed by atoms with Crippen molar-refractivity contribution in [2.24, 2.45) is 0 Å². The molecule has 1 heterocycles. The summed E-state index contributed by atoms with van der Waals surface area (Å²) in [6.45, 7) is 6.26. The van der Waals surface area contributed by atoms with Gasteiger partial charge in [-0.15, -0.1) is 0 Å². The number of epoxide rings is 1. The number of nitrogens with one attached hydrogen (secondary N) is 1. The molecule has 3 rings (SSSR count). The predicted octanol–water partition coefficient (Wildman–Crippen LogP) is 4.13. The molecule has 26 heavy (non-hydrogen) atoms. The maximum absolute atomic E-state index is 12.6. The smallest absolute Gasteiger partial charge is 0.408 e. The standard InChI is InChI=1S/C22H27NO3/c1-21(2,3)26-20(24)23-22(19-16-25-19,14-17-10-6-4-7-11-17)15-18-12-8-5-9-13-18/h4-13,19H,14-16H2,1-3H3,(H,23,24)/t19-/m1/s1. The molecule has 1 atom stereocenters. The second-order valence-corrected chi connectivity index (χ2v) is 7.93. The number of carbonyl (C=O) groups is 1. The molecule has 0 aliphatic carbocycles. The van der Waals surface area contributed by atoms with Gasteiger partial charge < -0.3 is 14.8 Å². The van der Waals surface area contributed by atoms with Crippen LogP contribution in [-0.2, 0) is 22.3 Å². The van der Waals surface area contributed by atoms with Crippen LogP contribution in [0.4, 0.5) is 4.79 Å². The maximum Gasteiger partial charge on any atom is 0.408 e. The molecule has 1 fully saturated rings. The van der Waals surface area contributed by atoms with Crippen LogP contribution < -0.4 is 5.32 Å². The highest BCUT2D eigenvalue weighted by Crippen LogP contribution is 2.32. The van der Waals surface area contributed by atoms with Gasteiger partial charge in [-0.3, -0.25) is 0 Å². The highest BCUT2D eigenvalue weighted by atomic mass is 16.6. The first-order valence-electron chi connectivity index (χ1n) is 9.07. The van der Waals surface area contributed by atoms with E-state index in [1.54, 1.807) is 0 Å². The molecular formula is C22H27NO3. The summed E-state index contributed by atoms with van der Waals surface area (Å²) in [5, 5.41) is 3.16. The van der Waals surface area contributed by atoms with Gasteiger partial charge in [0, 0.05) is 0 Å². The lowest BCUT2D eigenvalue weighted by atomic mass is 9.82. The van der Waals surface area contributed by atoms with Gasteiger partial charge in [-0.1, -0.05) is 60.7 Å². The molecule has 0 aromatic heterocycles. The van der Waals surface area contributed by atoms with Crippen LogP contribution in [0, 0.1) is 0 Å². The zero-order valence-corrected chi connectivity index (χ0v) is 15.7. The Hall–Kier alpha value is -2.33. The molecule has 0 bridgehead atoms. The molecular weight excluding hydrogens is 326 g/mol. The molecule has 0 radical (unpaired) electrons. The van der Waals surface area contributed by atoms with Gasteiger partial charge in [-0.2, -0.15) is 0 Å². The van der Waals surface area contributed by atoms with Crippen LogP contribution in [0.2, 0.25) is 0 Å². The number of hydrogen-bond donors (Lipinski definition) is 1. The molecule has 138 valence electrons. The summed E-state index contributed by atoms with van der Waals surface area (Å²) in [5.41, 5.74) is 1.25. The van der Waals surface area contributed by atoms with Gasteiger partial charge in [-0.05, 0) is 44.7 Å². The second-order valence-electron chi connectivity index (χ2n) is 7.93. The third kappa shape index (κ3) is 5.09. The summed E-state index contributed by atoms with van der Waals surface area (Å²) in [4.78, 5) is 12.6. The molecule has 4 heteroatoms. The lowest BCUT2D eigenvalue weighted by Gasteiger charge is -2.35. The largest absolute Gasteiger partial charge is 0.444 e. The molecule has 2 aromatic rings. The van der Waals surface area contributed by atoms with Gasteiger partial charge in [0.2, 0.25) is 0 Å². The van der Waals surface area contributed by atoms with Crippen LogP contribution in [0.5, 0.6) is 0 Å². The summed E-state index contributed by atoms with van der Waals surface area (Å²) < 4.78 is 11.2. The fourth-order valence-electron chi connectivity index (χ4n) is 3.25. The minimum Gasteiger partial charge on any atom is -0.444 e. The average Bonchev–Trinajstić information content (AvgIpc) is 3.40. The molecule has 1 N–H and O–H groups in total. The monoisotopic (exact) mass is 353 g/mol. The Bertz CT molecular complexity index is 677. The van der Waals surface area contributed by atoms with Crippen molar-refractivity contribution in [1.29, 1.82) is 0 Å². The summed E-state index contributed by atoms with van der Waals surface area (Å²) in [6, 6.07) is 20.4. The number of amides is 1. The van der Waals surface area contributed by atoms with E-state index in [0.717, 1.165) is 11.1 Å². The normalized spacial score (nSPS) is 16.8. The molecule has 0 spiro atoms. The Morgan fingerprint density at radius 2 is 1.46 bits per heavy atom. The van der Waals surface area contributed by atoms with Gasteiger partial charge >= 0.3 is 6.09 Å². The topological polar surface area (TPSA) is 50.9 Å². The molecule has 0 unspecified atom stereocenters.